The number of fused-ring (bicyclic) bond motifs is 2. The van der Waals surface area contributed by atoms with E-state index in [1.807, 2.05) is 19.1 Å². The van der Waals surface area contributed by atoms with E-state index in [2.05, 4.69) is 46.7 Å². The molecule has 3 aromatic rings. The van der Waals surface area contributed by atoms with Gasteiger partial charge in [0.25, 0.3) is 0 Å². The van der Waals surface area contributed by atoms with Crippen LogP contribution in [-0.2, 0) is 12.8 Å². The zero-order valence-corrected chi connectivity index (χ0v) is 14.7. The number of pyridine rings is 1. The second-order valence-electron chi connectivity index (χ2n) is 6.21. The van der Waals surface area contributed by atoms with Crippen molar-refractivity contribution in [1.29, 1.82) is 0 Å². The van der Waals surface area contributed by atoms with Gasteiger partial charge in [-0.1, -0.05) is 24.3 Å². The van der Waals surface area contributed by atoms with Crippen LogP contribution in [-0.4, -0.2) is 18.1 Å². The van der Waals surface area contributed by atoms with Crippen molar-refractivity contribution in [3.8, 4) is 5.75 Å². The molecule has 0 spiro atoms. The average molecular weight is 341 g/mol. The Morgan fingerprint density at radius 1 is 1.04 bits per heavy atom. The predicted octanol–water partition coefficient (Wildman–Crippen LogP) is 4.55. The SMILES string of the molecule is COc1ccc2nc(C)cc(NC3Cc4ccccc4C3)c2c1.Cl. The zero-order chi connectivity index (χ0) is 15.8. The maximum atomic E-state index is 5.37. The van der Waals surface area contributed by atoms with Crippen molar-refractivity contribution in [2.75, 3.05) is 12.4 Å². The lowest BCUT2D eigenvalue weighted by atomic mass is 10.1. The smallest absolute Gasteiger partial charge is 0.119 e. The fourth-order valence-corrected chi connectivity index (χ4v) is 3.46. The molecule has 0 unspecified atom stereocenters. The Hall–Kier alpha value is -2.26. The van der Waals surface area contributed by atoms with E-state index in [0.29, 0.717) is 6.04 Å². The van der Waals surface area contributed by atoms with Crippen LogP contribution in [0.3, 0.4) is 0 Å². The minimum Gasteiger partial charge on any atom is -0.497 e. The van der Waals surface area contributed by atoms with Crippen molar-refractivity contribution in [1.82, 2.24) is 4.98 Å². The molecule has 1 aliphatic carbocycles. The maximum absolute atomic E-state index is 5.37. The normalized spacial score (nSPS) is 13.4. The molecule has 0 saturated carbocycles. The predicted molar refractivity (Wildman–Crippen MR) is 102 cm³/mol. The Morgan fingerprint density at radius 3 is 2.42 bits per heavy atom. The number of aryl methyl sites for hydroxylation is 1. The molecule has 0 radical (unpaired) electrons. The van der Waals surface area contributed by atoms with Gasteiger partial charge in [-0.2, -0.15) is 0 Å². The molecule has 124 valence electrons. The number of hydrogen-bond donors (Lipinski definition) is 1. The number of benzene rings is 2. The van der Waals surface area contributed by atoms with Crippen LogP contribution in [0.1, 0.15) is 16.8 Å². The molecular weight excluding hydrogens is 320 g/mol. The van der Waals surface area contributed by atoms with E-state index < -0.39 is 0 Å². The van der Waals surface area contributed by atoms with Gasteiger partial charge in [-0.3, -0.25) is 4.98 Å². The van der Waals surface area contributed by atoms with E-state index in [0.717, 1.165) is 40.9 Å². The number of methoxy groups -OCH3 is 1. The summed E-state index contributed by atoms with van der Waals surface area (Å²) in [7, 11) is 1.70. The third kappa shape index (κ3) is 3.04. The lowest BCUT2D eigenvalue weighted by Gasteiger charge is -2.17. The lowest BCUT2D eigenvalue weighted by Crippen LogP contribution is -2.19. The van der Waals surface area contributed by atoms with Gasteiger partial charge < -0.3 is 10.1 Å². The van der Waals surface area contributed by atoms with E-state index in [1.165, 1.54) is 11.1 Å². The third-order valence-electron chi connectivity index (χ3n) is 4.55. The molecule has 0 fully saturated rings. The van der Waals surface area contributed by atoms with Crippen molar-refractivity contribution >= 4 is 29.0 Å². The Bertz CT molecular complexity index is 854. The Labute approximate surface area is 148 Å². The van der Waals surface area contributed by atoms with Gasteiger partial charge in [0.15, 0.2) is 0 Å². The summed E-state index contributed by atoms with van der Waals surface area (Å²) in [6, 6.07) is 17.3. The molecule has 2 aromatic carbocycles. The van der Waals surface area contributed by atoms with Crippen LogP contribution in [0.2, 0.25) is 0 Å². The van der Waals surface area contributed by atoms with Crippen LogP contribution in [0.4, 0.5) is 5.69 Å². The number of ether oxygens (including phenoxy) is 1. The standard InChI is InChI=1S/C20H20N2O.ClH/c1-13-9-20(18-12-17(23-2)7-8-19(18)21-13)22-16-10-14-5-3-4-6-15(14)11-16;/h3-9,12,16H,10-11H2,1-2H3,(H,21,22);1H. The number of nitrogens with zero attached hydrogens (tertiary/aromatic N) is 1. The highest BCUT2D eigenvalue weighted by atomic mass is 35.5. The third-order valence-corrected chi connectivity index (χ3v) is 4.55. The van der Waals surface area contributed by atoms with Crippen molar-refractivity contribution in [3.05, 3.63) is 65.4 Å². The van der Waals surface area contributed by atoms with E-state index in [1.54, 1.807) is 7.11 Å². The molecule has 1 heterocycles. The first-order chi connectivity index (χ1) is 11.2. The van der Waals surface area contributed by atoms with Crippen molar-refractivity contribution in [2.24, 2.45) is 0 Å². The number of nitrogens with one attached hydrogen (secondary N) is 1. The molecule has 3 nitrogen and oxygen atoms in total. The molecule has 4 rings (SSSR count). The second-order valence-corrected chi connectivity index (χ2v) is 6.21. The monoisotopic (exact) mass is 340 g/mol. The summed E-state index contributed by atoms with van der Waals surface area (Å²) in [6.45, 7) is 2.04. The quantitative estimate of drug-likeness (QED) is 0.759. The summed E-state index contributed by atoms with van der Waals surface area (Å²) in [5.41, 5.74) is 6.09. The highest BCUT2D eigenvalue weighted by molar-refractivity contribution is 5.92. The summed E-state index contributed by atoms with van der Waals surface area (Å²) in [5, 5.41) is 4.84. The molecular formula is C20H21ClN2O. The van der Waals surface area contributed by atoms with Gasteiger partial charge in [-0.15, -0.1) is 12.4 Å². The zero-order valence-electron chi connectivity index (χ0n) is 13.9. The minimum absolute atomic E-state index is 0. The van der Waals surface area contributed by atoms with Crippen LogP contribution in [0.25, 0.3) is 10.9 Å². The van der Waals surface area contributed by atoms with Gasteiger partial charge in [0.05, 0.1) is 12.6 Å². The molecule has 1 aliphatic rings. The van der Waals surface area contributed by atoms with E-state index in [9.17, 15) is 0 Å². The fourth-order valence-electron chi connectivity index (χ4n) is 3.46. The maximum Gasteiger partial charge on any atom is 0.119 e. The van der Waals surface area contributed by atoms with E-state index in [-0.39, 0.29) is 12.4 Å². The molecule has 0 aliphatic heterocycles. The number of aromatic nitrogens is 1. The fraction of sp³-hybridized carbons (Fsp3) is 0.250. The number of anilines is 1. The Balaban J connectivity index is 0.00000169. The van der Waals surface area contributed by atoms with Crippen molar-refractivity contribution < 1.29 is 4.74 Å². The highest BCUT2D eigenvalue weighted by Crippen LogP contribution is 2.30. The topological polar surface area (TPSA) is 34.1 Å². The molecule has 0 atom stereocenters. The van der Waals surface area contributed by atoms with Crippen molar-refractivity contribution in [3.63, 3.8) is 0 Å². The van der Waals surface area contributed by atoms with Crippen LogP contribution in [0.15, 0.2) is 48.5 Å². The van der Waals surface area contributed by atoms with Gasteiger partial charge in [0, 0.05) is 22.8 Å². The summed E-state index contributed by atoms with van der Waals surface area (Å²) in [6.07, 6.45) is 2.14. The number of rotatable bonds is 3. The second kappa shape index (κ2) is 6.70. The van der Waals surface area contributed by atoms with Gasteiger partial charge in [0.2, 0.25) is 0 Å². The van der Waals surface area contributed by atoms with Gasteiger partial charge in [-0.25, -0.2) is 0 Å². The summed E-state index contributed by atoms with van der Waals surface area (Å²) < 4.78 is 5.37. The number of halogens is 1. The van der Waals surface area contributed by atoms with Crippen LogP contribution < -0.4 is 10.1 Å². The summed E-state index contributed by atoms with van der Waals surface area (Å²) in [5.74, 6) is 0.862. The number of hydrogen-bond acceptors (Lipinski definition) is 3. The molecule has 1 aromatic heterocycles. The summed E-state index contributed by atoms with van der Waals surface area (Å²) >= 11 is 0. The van der Waals surface area contributed by atoms with Crippen molar-refractivity contribution in [2.45, 2.75) is 25.8 Å². The van der Waals surface area contributed by atoms with Crippen LogP contribution in [0.5, 0.6) is 5.75 Å². The molecule has 1 N–H and O–H groups in total. The summed E-state index contributed by atoms with van der Waals surface area (Å²) in [4.78, 5) is 4.63. The van der Waals surface area contributed by atoms with Gasteiger partial charge >= 0.3 is 0 Å². The molecule has 0 amide bonds. The highest BCUT2D eigenvalue weighted by Gasteiger charge is 2.21. The average Bonchev–Trinajstić information content (AvgIpc) is 2.96. The van der Waals surface area contributed by atoms with E-state index in [4.69, 9.17) is 4.74 Å². The first-order valence-corrected chi connectivity index (χ1v) is 8.01. The Morgan fingerprint density at radius 2 is 1.75 bits per heavy atom. The molecule has 0 bridgehead atoms. The molecule has 24 heavy (non-hydrogen) atoms. The van der Waals surface area contributed by atoms with Gasteiger partial charge in [-0.05, 0) is 55.2 Å². The van der Waals surface area contributed by atoms with E-state index >= 15 is 0 Å². The largest absolute Gasteiger partial charge is 0.497 e. The van der Waals surface area contributed by atoms with Crippen LogP contribution >= 0.6 is 12.4 Å². The Kier molecular flexibility index (Phi) is 4.63. The van der Waals surface area contributed by atoms with Gasteiger partial charge in [0.1, 0.15) is 5.75 Å². The van der Waals surface area contributed by atoms with Crippen LogP contribution in [0, 0.1) is 6.92 Å². The first kappa shape index (κ1) is 16.6. The molecule has 0 saturated heterocycles. The minimum atomic E-state index is 0. The first-order valence-electron chi connectivity index (χ1n) is 8.01. The lowest BCUT2D eigenvalue weighted by molar-refractivity contribution is 0.415. The molecule has 4 heteroatoms.